The Balaban J connectivity index is 1.88. The van der Waals surface area contributed by atoms with Gasteiger partial charge in [0.05, 0.1) is 0 Å². The van der Waals surface area contributed by atoms with Crippen molar-refractivity contribution >= 4 is 11.3 Å². The van der Waals surface area contributed by atoms with Crippen LogP contribution in [0.1, 0.15) is 29.4 Å². The van der Waals surface area contributed by atoms with Gasteiger partial charge in [-0.05, 0) is 36.8 Å². The second-order valence-corrected chi connectivity index (χ2v) is 4.61. The van der Waals surface area contributed by atoms with Crippen LogP contribution in [0.2, 0.25) is 0 Å². The molecule has 1 saturated carbocycles. The highest BCUT2D eigenvalue weighted by molar-refractivity contribution is 7.10. The van der Waals surface area contributed by atoms with E-state index in [4.69, 9.17) is 0 Å². The number of hydrogen-bond acceptors (Lipinski definition) is 3. The van der Waals surface area contributed by atoms with E-state index in [0.29, 0.717) is 12.6 Å². The van der Waals surface area contributed by atoms with Crippen LogP contribution in [0.25, 0.3) is 0 Å². The lowest BCUT2D eigenvalue weighted by Gasteiger charge is -2.10. The van der Waals surface area contributed by atoms with Gasteiger partial charge in [0.15, 0.2) is 0 Å². The number of hydrogen-bond donors (Lipinski definition) is 2. The lowest BCUT2D eigenvalue weighted by molar-refractivity contribution is 0.177. The summed E-state index contributed by atoms with van der Waals surface area (Å²) in [6.45, 7) is 2.75. The van der Waals surface area contributed by atoms with E-state index in [1.54, 1.807) is 11.3 Å². The van der Waals surface area contributed by atoms with E-state index < -0.39 is 0 Å². The maximum absolute atomic E-state index is 9.81. The Bertz CT molecular complexity index is 280. The molecule has 0 radical (unpaired) electrons. The van der Waals surface area contributed by atoms with Gasteiger partial charge in [-0.25, -0.2) is 0 Å². The minimum absolute atomic E-state index is 0.319. The molecule has 72 valence electrons. The van der Waals surface area contributed by atoms with Crippen molar-refractivity contribution in [3.8, 4) is 0 Å². The molecular formula is C10H15NOS. The van der Waals surface area contributed by atoms with Crippen LogP contribution < -0.4 is 5.32 Å². The summed E-state index contributed by atoms with van der Waals surface area (Å²) in [5.41, 5.74) is 1.20. The lowest BCUT2D eigenvalue weighted by atomic mass is 10.2. The largest absolute Gasteiger partial charge is 0.386 e. The normalized spacial score (nSPS) is 18.9. The molecule has 3 heteroatoms. The van der Waals surface area contributed by atoms with Crippen LogP contribution in [0, 0.1) is 6.92 Å². The standard InChI is InChI=1S/C10H15NOS/c1-7-4-5-13-10(7)9(12)6-11-8-2-3-8/h4-5,8-9,11-12H,2-3,6H2,1H3. The fourth-order valence-corrected chi connectivity index (χ4v) is 2.30. The zero-order valence-electron chi connectivity index (χ0n) is 7.79. The Morgan fingerprint density at radius 1 is 1.69 bits per heavy atom. The molecule has 0 aliphatic heterocycles. The van der Waals surface area contributed by atoms with Crippen molar-refractivity contribution in [3.05, 3.63) is 21.9 Å². The first-order valence-corrected chi connectivity index (χ1v) is 5.61. The van der Waals surface area contributed by atoms with Crippen molar-refractivity contribution in [2.24, 2.45) is 0 Å². The third-order valence-corrected chi connectivity index (χ3v) is 3.50. The van der Waals surface area contributed by atoms with Crippen LogP contribution in [-0.4, -0.2) is 17.7 Å². The highest BCUT2D eigenvalue weighted by atomic mass is 32.1. The predicted molar refractivity (Wildman–Crippen MR) is 55.0 cm³/mol. The first kappa shape index (κ1) is 9.19. The predicted octanol–water partition coefficient (Wildman–Crippen LogP) is 1.84. The second-order valence-electron chi connectivity index (χ2n) is 3.67. The Kier molecular flexibility index (Phi) is 2.67. The summed E-state index contributed by atoms with van der Waals surface area (Å²) >= 11 is 1.64. The molecular weight excluding hydrogens is 182 g/mol. The molecule has 0 spiro atoms. The van der Waals surface area contributed by atoms with Gasteiger partial charge in [0.25, 0.3) is 0 Å². The van der Waals surface area contributed by atoms with E-state index in [-0.39, 0.29) is 6.10 Å². The highest BCUT2D eigenvalue weighted by Crippen LogP contribution is 2.25. The van der Waals surface area contributed by atoms with Crippen LogP contribution in [-0.2, 0) is 0 Å². The van der Waals surface area contributed by atoms with Crippen molar-refractivity contribution in [1.29, 1.82) is 0 Å². The van der Waals surface area contributed by atoms with E-state index in [0.717, 1.165) is 4.88 Å². The minimum atomic E-state index is -0.319. The molecule has 1 aliphatic rings. The summed E-state index contributed by atoms with van der Waals surface area (Å²) in [6, 6.07) is 2.73. The quantitative estimate of drug-likeness (QED) is 0.772. The van der Waals surface area contributed by atoms with Gasteiger partial charge in [-0.2, -0.15) is 0 Å². The topological polar surface area (TPSA) is 32.3 Å². The zero-order chi connectivity index (χ0) is 9.26. The van der Waals surface area contributed by atoms with Crippen LogP contribution >= 0.6 is 11.3 Å². The summed E-state index contributed by atoms with van der Waals surface area (Å²) in [4.78, 5) is 1.10. The molecule has 1 aliphatic carbocycles. The van der Waals surface area contributed by atoms with Gasteiger partial charge >= 0.3 is 0 Å². The highest BCUT2D eigenvalue weighted by Gasteiger charge is 2.22. The summed E-state index contributed by atoms with van der Waals surface area (Å²) < 4.78 is 0. The Morgan fingerprint density at radius 3 is 3.00 bits per heavy atom. The van der Waals surface area contributed by atoms with Gasteiger partial charge in [-0.15, -0.1) is 11.3 Å². The average Bonchev–Trinajstić information content (AvgIpc) is 2.84. The molecule has 13 heavy (non-hydrogen) atoms. The van der Waals surface area contributed by atoms with Gasteiger partial charge in [-0.3, -0.25) is 0 Å². The maximum atomic E-state index is 9.81. The number of aliphatic hydroxyl groups is 1. The Morgan fingerprint density at radius 2 is 2.46 bits per heavy atom. The average molecular weight is 197 g/mol. The molecule has 0 amide bonds. The third kappa shape index (κ3) is 2.30. The van der Waals surface area contributed by atoms with Crippen molar-refractivity contribution in [3.63, 3.8) is 0 Å². The van der Waals surface area contributed by atoms with Crippen molar-refractivity contribution in [2.45, 2.75) is 31.9 Å². The van der Waals surface area contributed by atoms with Crippen LogP contribution in [0.3, 0.4) is 0 Å². The van der Waals surface area contributed by atoms with Gasteiger partial charge < -0.3 is 10.4 Å². The SMILES string of the molecule is Cc1ccsc1C(O)CNC1CC1. The monoisotopic (exact) mass is 197 g/mol. The van der Waals surface area contributed by atoms with E-state index >= 15 is 0 Å². The summed E-state index contributed by atoms with van der Waals surface area (Å²) in [5, 5.41) is 15.2. The fourth-order valence-electron chi connectivity index (χ4n) is 1.38. The Labute approximate surface area is 82.6 Å². The number of rotatable bonds is 4. The van der Waals surface area contributed by atoms with Crippen LogP contribution in [0.5, 0.6) is 0 Å². The molecule has 0 bridgehead atoms. The van der Waals surface area contributed by atoms with Crippen LogP contribution in [0.15, 0.2) is 11.4 Å². The molecule has 1 aromatic rings. The van der Waals surface area contributed by atoms with Gasteiger partial charge in [0.2, 0.25) is 0 Å². The molecule has 0 saturated heterocycles. The third-order valence-electron chi connectivity index (χ3n) is 2.38. The van der Waals surface area contributed by atoms with E-state index in [1.807, 2.05) is 12.3 Å². The smallest absolute Gasteiger partial charge is 0.101 e. The molecule has 1 aromatic heterocycles. The summed E-state index contributed by atoms with van der Waals surface area (Å²) in [5.74, 6) is 0. The number of aryl methyl sites for hydroxylation is 1. The molecule has 2 rings (SSSR count). The maximum Gasteiger partial charge on any atom is 0.101 e. The lowest BCUT2D eigenvalue weighted by Crippen LogP contribution is -2.23. The molecule has 1 atom stereocenters. The number of nitrogens with one attached hydrogen (secondary N) is 1. The van der Waals surface area contributed by atoms with E-state index in [1.165, 1.54) is 18.4 Å². The van der Waals surface area contributed by atoms with Gasteiger partial charge in [0, 0.05) is 17.5 Å². The number of aliphatic hydroxyl groups excluding tert-OH is 1. The number of thiophene rings is 1. The minimum Gasteiger partial charge on any atom is -0.386 e. The molecule has 2 nitrogen and oxygen atoms in total. The van der Waals surface area contributed by atoms with Gasteiger partial charge in [-0.1, -0.05) is 0 Å². The summed E-state index contributed by atoms with van der Waals surface area (Å²) in [6.07, 6.45) is 2.23. The summed E-state index contributed by atoms with van der Waals surface area (Å²) in [7, 11) is 0. The second kappa shape index (κ2) is 3.78. The van der Waals surface area contributed by atoms with E-state index in [2.05, 4.69) is 11.4 Å². The van der Waals surface area contributed by atoms with E-state index in [9.17, 15) is 5.11 Å². The molecule has 2 N–H and O–H groups in total. The Hall–Kier alpha value is -0.380. The molecule has 1 fully saturated rings. The first-order valence-electron chi connectivity index (χ1n) is 4.73. The van der Waals surface area contributed by atoms with Gasteiger partial charge in [0.1, 0.15) is 6.10 Å². The molecule has 0 aromatic carbocycles. The molecule has 1 heterocycles. The zero-order valence-corrected chi connectivity index (χ0v) is 8.60. The first-order chi connectivity index (χ1) is 6.27. The van der Waals surface area contributed by atoms with Crippen molar-refractivity contribution < 1.29 is 5.11 Å². The van der Waals surface area contributed by atoms with Crippen molar-refractivity contribution in [1.82, 2.24) is 5.32 Å². The fraction of sp³-hybridized carbons (Fsp3) is 0.600. The van der Waals surface area contributed by atoms with Crippen molar-refractivity contribution in [2.75, 3.05) is 6.54 Å². The molecule has 1 unspecified atom stereocenters. The van der Waals surface area contributed by atoms with Crippen LogP contribution in [0.4, 0.5) is 0 Å².